The van der Waals surface area contributed by atoms with Crippen LogP contribution in [0.3, 0.4) is 0 Å². The lowest BCUT2D eigenvalue weighted by atomic mass is 10.1. The predicted molar refractivity (Wildman–Crippen MR) is 93.9 cm³/mol. The second kappa shape index (κ2) is 7.30. The van der Waals surface area contributed by atoms with Crippen molar-refractivity contribution in [3.63, 3.8) is 0 Å². The molecule has 1 aromatic heterocycles. The highest BCUT2D eigenvalue weighted by atomic mass is 16.6. The van der Waals surface area contributed by atoms with Crippen LogP contribution in [-0.2, 0) is 16.0 Å². The Hall–Kier alpha value is -2.95. The Labute approximate surface area is 146 Å². The summed E-state index contributed by atoms with van der Waals surface area (Å²) in [6, 6.07) is 15.6. The molecule has 1 atom stereocenters. The highest BCUT2D eigenvalue weighted by Gasteiger charge is 2.19. The molecule has 0 saturated carbocycles. The fourth-order valence-electron chi connectivity index (χ4n) is 2.37. The van der Waals surface area contributed by atoms with Gasteiger partial charge in [0.05, 0.1) is 6.42 Å². The van der Waals surface area contributed by atoms with E-state index in [-0.39, 0.29) is 18.3 Å². The SMILES string of the molecule is Cc1ccc(CC(=O)O[C@H](C)c2nnc(-c3ccc(C)cc3)o2)cc1. The van der Waals surface area contributed by atoms with Crippen LogP contribution < -0.4 is 0 Å². The zero-order valence-electron chi connectivity index (χ0n) is 14.5. The Balaban J connectivity index is 1.63. The molecule has 0 bridgehead atoms. The largest absolute Gasteiger partial charge is 0.452 e. The summed E-state index contributed by atoms with van der Waals surface area (Å²) in [5.74, 6) is 0.371. The minimum Gasteiger partial charge on any atom is -0.452 e. The quantitative estimate of drug-likeness (QED) is 0.653. The summed E-state index contributed by atoms with van der Waals surface area (Å²) in [7, 11) is 0. The van der Waals surface area contributed by atoms with Gasteiger partial charge in [0.25, 0.3) is 5.89 Å². The van der Waals surface area contributed by atoms with Crippen LogP contribution >= 0.6 is 0 Å². The number of aromatic nitrogens is 2. The number of rotatable bonds is 5. The van der Waals surface area contributed by atoms with Crippen molar-refractivity contribution < 1.29 is 13.9 Å². The zero-order valence-corrected chi connectivity index (χ0v) is 14.5. The summed E-state index contributed by atoms with van der Waals surface area (Å²) in [6.45, 7) is 5.74. The third-order valence-corrected chi connectivity index (χ3v) is 3.86. The van der Waals surface area contributed by atoms with Crippen LogP contribution in [0.5, 0.6) is 0 Å². The van der Waals surface area contributed by atoms with E-state index in [1.165, 1.54) is 0 Å². The van der Waals surface area contributed by atoms with E-state index in [4.69, 9.17) is 9.15 Å². The molecule has 0 unspecified atom stereocenters. The van der Waals surface area contributed by atoms with Crippen LogP contribution in [0.25, 0.3) is 11.5 Å². The third kappa shape index (κ3) is 4.32. The van der Waals surface area contributed by atoms with Crippen molar-refractivity contribution in [1.29, 1.82) is 0 Å². The van der Waals surface area contributed by atoms with E-state index in [2.05, 4.69) is 10.2 Å². The van der Waals surface area contributed by atoms with Gasteiger partial charge >= 0.3 is 5.97 Å². The number of nitrogens with zero attached hydrogens (tertiary/aromatic N) is 2. The van der Waals surface area contributed by atoms with E-state index in [1.54, 1.807) is 6.92 Å². The van der Waals surface area contributed by atoms with E-state index >= 15 is 0 Å². The first-order valence-corrected chi connectivity index (χ1v) is 8.17. The number of aryl methyl sites for hydroxylation is 2. The topological polar surface area (TPSA) is 65.2 Å². The van der Waals surface area contributed by atoms with Crippen molar-refractivity contribution in [3.8, 4) is 11.5 Å². The van der Waals surface area contributed by atoms with Gasteiger partial charge < -0.3 is 9.15 Å². The zero-order chi connectivity index (χ0) is 17.8. The van der Waals surface area contributed by atoms with Gasteiger partial charge in [0.1, 0.15) is 0 Å². The molecule has 25 heavy (non-hydrogen) atoms. The first-order valence-electron chi connectivity index (χ1n) is 8.17. The summed E-state index contributed by atoms with van der Waals surface area (Å²) in [5, 5.41) is 8.02. The van der Waals surface area contributed by atoms with Gasteiger partial charge in [0.2, 0.25) is 5.89 Å². The maximum absolute atomic E-state index is 12.1. The van der Waals surface area contributed by atoms with Crippen molar-refractivity contribution in [3.05, 3.63) is 71.1 Å². The normalized spacial score (nSPS) is 12.0. The molecule has 128 valence electrons. The number of hydrogen-bond donors (Lipinski definition) is 0. The second-order valence-electron chi connectivity index (χ2n) is 6.11. The summed E-state index contributed by atoms with van der Waals surface area (Å²) in [5.41, 5.74) is 4.05. The van der Waals surface area contributed by atoms with E-state index in [1.807, 2.05) is 62.4 Å². The molecule has 0 N–H and O–H groups in total. The van der Waals surface area contributed by atoms with Crippen molar-refractivity contribution in [2.45, 2.75) is 33.3 Å². The number of carbonyl (C=O) groups is 1. The van der Waals surface area contributed by atoms with Gasteiger partial charge in [-0.15, -0.1) is 10.2 Å². The van der Waals surface area contributed by atoms with Crippen LogP contribution in [0.2, 0.25) is 0 Å². The molecule has 0 aliphatic carbocycles. The van der Waals surface area contributed by atoms with Crippen LogP contribution in [0.4, 0.5) is 0 Å². The van der Waals surface area contributed by atoms with Crippen LogP contribution in [0, 0.1) is 13.8 Å². The summed E-state index contributed by atoms with van der Waals surface area (Å²) < 4.78 is 11.0. The summed E-state index contributed by atoms with van der Waals surface area (Å²) >= 11 is 0. The highest BCUT2D eigenvalue weighted by molar-refractivity contribution is 5.72. The van der Waals surface area contributed by atoms with E-state index in [9.17, 15) is 4.79 Å². The van der Waals surface area contributed by atoms with Gasteiger partial charge in [0.15, 0.2) is 6.10 Å². The Morgan fingerprint density at radius 3 is 2.24 bits per heavy atom. The van der Waals surface area contributed by atoms with Gasteiger partial charge in [-0.05, 0) is 38.5 Å². The van der Waals surface area contributed by atoms with E-state index < -0.39 is 6.10 Å². The van der Waals surface area contributed by atoms with E-state index in [0.717, 1.165) is 22.3 Å². The standard InChI is InChI=1S/C20H20N2O3/c1-13-4-8-16(9-5-13)12-18(23)24-15(3)19-21-22-20(25-19)17-10-6-14(2)7-11-17/h4-11,15H,12H2,1-3H3/t15-/m1/s1. The molecule has 0 radical (unpaired) electrons. The van der Waals surface area contributed by atoms with Crippen molar-refractivity contribution in [2.24, 2.45) is 0 Å². The van der Waals surface area contributed by atoms with Gasteiger partial charge in [-0.25, -0.2) is 0 Å². The monoisotopic (exact) mass is 336 g/mol. The van der Waals surface area contributed by atoms with Crippen LogP contribution in [0.1, 0.15) is 35.6 Å². The molecular weight excluding hydrogens is 316 g/mol. The number of esters is 1. The Morgan fingerprint density at radius 2 is 1.60 bits per heavy atom. The highest BCUT2D eigenvalue weighted by Crippen LogP contribution is 2.23. The molecule has 3 aromatic rings. The number of carbonyl (C=O) groups excluding carboxylic acids is 1. The molecule has 0 fully saturated rings. The molecule has 1 heterocycles. The number of ether oxygens (including phenoxy) is 1. The molecule has 0 aliphatic heterocycles. The molecule has 5 heteroatoms. The molecule has 0 amide bonds. The number of benzene rings is 2. The molecule has 2 aromatic carbocycles. The van der Waals surface area contributed by atoms with Gasteiger partial charge in [-0.2, -0.15) is 0 Å². The van der Waals surface area contributed by atoms with Crippen molar-refractivity contribution in [2.75, 3.05) is 0 Å². The van der Waals surface area contributed by atoms with Crippen molar-refractivity contribution in [1.82, 2.24) is 10.2 Å². The fraction of sp³-hybridized carbons (Fsp3) is 0.250. The number of hydrogen-bond acceptors (Lipinski definition) is 5. The lowest BCUT2D eigenvalue weighted by Crippen LogP contribution is -2.11. The second-order valence-corrected chi connectivity index (χ2v) is 6.11. The molecule has 0 saturated heterocycles. The van der Waals surface area contributed by atoms with E-state index in [0.29, 0.717) is 5.89 Å². The van der Waals surface area contributed by atoms with Crippen molar-refractivity contribution >= 4 is 5.97 Å². The molecule has 0 spiro atoms. The lowest BCUT2D eigenvalue weighted by molar-refractivity contribution is -0.148. The lowest BCUT2D eigenvalue weighted by Gasteiger charge is -2.09. The maximum atomic E-state index is 12.1. The van der Waals surface area contributed by atoms with Gasteiger partial charge in [-0.1, -0.05) is 47.5 Å². The average Bonchev–Trinajstić information content (AvgIpc) is 3.08. The minimum absolute atomic E-state index is 0.212. The fourth-order valence-corrected chi connectivity index (χ4v) is 2.37. The molecule has 5 nitrogen and oxygen atoms in total. The average molecular weight is 336 g/mol. The summed E-state index contributed by atoms with van der Waals surface area (Å²) in [4.78, 5) is 12.1. The molecule has 0 aliphatic rings. The molecule has 3 rings (SSSR count). The maximum Gasteiger partial charge on any atom is 0.311 e. The van der Waals surface area contributed by atoms with Crippen LogP contribution in [-0.4, -0.2) is 16.2 Å². The predicted octanol–water partition coefficient (Wildman–Crippen LogP) is 4.20. The third-order valence-electron chi connectivity index (χ3n) is 3.86. The van der Waals surface area contributed by atoms with Gasteiger partial charge in [0, 0.05) is 5.56 Å². The molecular formula is C20H20N2O3. The Kier molecular flexibility index (Phi) is 4.93. The smallest absolute Gasteiger partial charge is 0.311 e. The summed E-state index contributed by atoms with van der Waals surface area (Å²) in [6.07, 6.45) is -0.381. The first kappa shape index (κ1) is 16.9. The first-order chi connectivity index (χ1) is 12.0. The van der Waals surface area contributed by atoms with Crippen LogP contribution in [0.15, 0.2) is 52.9 Å². The Morgan fingerprint density at radius 1 is 1.00 bits per heavy atom. The Bertz CT molecular complexity index is 851. The minimum atomic E-state index is -0.593. The van der Waals surface area contributed by atoms with Gasteiger partial charge in [-0.3, -0.25) is 4.79 Å².